The van der Waals surface area contributed by atoms with Crippen LogP contribution in [0, 0.1) is 5.92 Å². The molecule has 0 aliphatic carbocycles. The van der Waals surface area contributed by atoms with Crippen molar-refractivity contribution in [3.05, 3.63) is 65.2 Å². The van der Waals surface area contributed by atoms with Crippen LogP contribution < -0.4 is 10.1 Å². The number of carbonyl (C=O) groups is 1. The molecule has 1 N–H and O–H groups in total. The van der Waals surface area contributed by atoms with Crippen molar-refractivity contribution in [3.63, 3.8) is 0 Å². The van der Waals surface area contributed by atoms with E-state index >= 15 is 0 Å². The fourth-order valence-corrected chi connectivity index (χ4v) is 6.33. The number of halogens is 3. The van der Waals surface area contributed by atoms with Crippen molar-refractivity contribution in [2.24, 2.45) is 5.92 Å². The number of alkyl halides is 3. The summed E-state index contributed by atoms with van der Waals surface area (Å²) in [6.07, 6.45) is -4.38. The van der Waals surface area contributed by atoms with Gasteiger partial charge < -0.3 is 19.7 Å². The summed E-state index contributed by atoms with van der Waals surface area (Å²) in [4.78, 5) is 15.5. The zero-order chi connectivity index (χ0) is 24.6. The molecule has 1 spiro atoms. The van der Waals surface area contributed by atoms with E-state index in [4.69, 9.17) is 9.47 Å². The van der Waals surface area contributed by atoms with Gasteiger partial charge in [-0.15, -0.1) is 0 Å². The van der Waals surface area contributed by atoms with Gasteiger partial charge in [-0.2, -0.15) is 13.2 Å². The molecule has 8 heteroatoms. The summed E-state index contributed by atoms with van der Waals surface area (Å²) in [7, 11) is 1.60. The van der Waals surface area contributed by atoms with Crippen molar-refractivity contribution >= 4 is 5.91 Å². The normalized spacial score (nSPS) is 28.7. The number of nitrogens with zero attached hydrogens (tertiary/aromatic N) is 1. The molecule has 0 saturated carbocycles. The van der Waals surface area contributed by atoms with Gasteiger partial charge in [-0.05, 0) is 36.0 Å². The summed E-state index contributed by atoms with van der Waals surface area (Å²) in [6, 6.07) is 14.6. The van der Waals surface area contributed by atoms with Crippen LogP contribution in [-0.4, -0.2) is 56.4 Å². The Hall–Kier alpha value is -2.58. The first kappa shape index (κ1) is 24.1. The Morgan fingerprint density at radius 2 is 2.00 bits per heavy atom. The highest BCUT2D eigenvalue weighted by atomic mass is 19.4. The minimum atomic E-state index is -4.35. The number of nitrogens with one attached hydrogen (secondary N) is 1. The summed E-state index contributed by atoms with van der Waals surface area (Å²) >= 11 is 0. The first-order valence-electron chi connectivity index (χ1n) is 12.2. The molecule has 3 aliphatic heterocycles. The van der Waals surface area contributed by atoms with E-state index < -0.39 is 30.0 Å². The molecule has 1 amide bonds. The van der Waals surface area contributed by atoms with Crippen molar-refractivity contribution < 1.29 is 27.4 Å². The van der Waals surface area contributed by atoms with Crippen LogP contribution in [0.25, 0.3) is 0 Å². The Morgan fingerprint density at radius 3 is 2.74 bits per heavy atom. The molecule has 0 aromatic heterocycles. The molecule has 35 heavy (non-hydrogen) atoms. The van der Waals surface area contributed by atoms with Crippen LogP contribution in [0.3, 0.4) is 0 Å². The van der Waals surface area contributed by atoms with Gasteiger partial charge in [0.25, 0.3) is 0 Å². The number of piperidine rings is 1. The molecule has 5 rings (SSSR count). The first-order valence-corrected chi connectivity index (χ1v) is 12.2. The van der Waals surface area contributed by atoms with E-state index in [1.165, 1.54) is 4.90 Å². The van der Waals surface area contributed by atoms with Gasteiger partial charge in [0.15, 0.2) is 0 Å². The van der Waals surface area contributed by atoms with Crippen LogP contribution in [0.2, 0.25) is 0 Å². The molecule has 5 nitrogen and oxygen atoms in total. The standard InChI is InChI=1S/C27H31F3N2O3/c1-34-24-9-5-8-22-21(24)15-35-17-26(22)16-31-14-23(26)25(33)32-11-10-19(18-6-3-2-4-7-18)12-20(32)13-27(28,29)30/h2-9,19-20,23,31H,10-17H2,1H3. The average Bonchev–Trinajstić information content (AvgIpc) is 3.27. The molecular formula is C27H31F3N2O3. The highest BCUT2D eigenvalue weighted by Gasteiger charge is 2.53. The molecule has 0 radical (unpaired) electrons. The average molecular weight is 489 g/mol. The van der Waals surface area contributed by atoms with Crippen LogP contribution in [0.4, 0.5) is 13.2 Å². The topological polar surface area (TPSA) is 50.8 Å². The highest BCUT2D eigenvalue weighted by molar-refractivity contribution is 5.82. The van der Waals surface area contributed by atoms with Crippen LogP contribution in [0.1, 0.15) is 41.9 Å². The van der Waals surface area contributed by atoms with E-state index in [0.29, 0.717) is 51.4 Å². The molecule has 2 aromatic carbocycles. The molecular weight excluding hydrogens is 457 g/mol. The summed E-state index contributed by atoms with van der Waals surface area (Å²) < 4.78 is 52.4. The third-order valence-corrected chi connectivity index (χ3v) is 7.99. The summed E-state index contributed by atoms with van der Waals surface area (Å²) in [6.45, 7) is 2.00. The lowest BCUT2D eigenvalue weighted by Gasteiger charge is -2.45. The fourth-order valence-electron chi connectivity index (χ4n) is 6.33. The zero-order valence-corrected chi connectivity index (χ0v) is 19.8. The Labute approximate surface area is 203 Å². The molecule has 2 saturated heterocycles. The van der Waals surface area contributed by atoms with Crippen LogP contribution in [0.15, 0.2) is 48.5 Å². The lowest BCUT2D eigenvalue weighted by molar-refractivity contribution is -0.161. The quantitative estimate of drug-likeness (QED) is 0.693. The number of carbonyl (C=O) groups excluding carboxylic acids is 1. The lowest BCUT2D eigenvalue weighted by atomic mass is 9.69. The van der Waals surface area contributed by atoms with Gasteiger partial charge in [0.05, 0.1) is 32.7 Å². The summed E-state index contributed by atoms with van der Waals surface area (Å²) in [5, 5.41) is 3.34. The molecule has 4 unspecified atom stereocenters. The van der Waals surface area contributed by atoms with E-state index in [1.54, 1.807) is 7.11 Å². The van der Waals surface area contributed by atoms with Gasteiger partial charge in [-0.3, -0.25) is 4.79 Å². The van der Waals surface area contributed by atoms with Crippen LogP contribution in [-0.2, 0) is 21.6 Å². The second kappa shape index (κ2) is 9.47. The maximum atomic E-state index is 14.0. The Kier molecular flexibility index (Phi) is 6.53. The van der Waals surface area contributed by atoms with Gasteiger partial charge in [0.1, 0.15) is 5.75 Å². The summed E-state index contributed by atoms with van der Waals surface area (Å²) in [5.41, 5.74) is 2.32. The number of hydrogen-bond donors (Lipinski definition) is 1. The van der Waals surface area contributed by atoms with Crippen LogP contribution in [0.5, 0.6) is 5.75 Å². The number of hydrogen-bond acceptors (Lipinski definition) is 4. The molecule has 2 fully saturated rings. The fraction of sp³-hybridized carbons (Fsp3) is 0.519. The minimum Gasteiger partial charge on any atom is -0.496 e. The predicted molar refractivity (Wildman–Crippen MR) is 125 cm³/mol. The van der Waals surface area contributed by atoms with Crippen molar-refractivity contribution in [1.82, 2.24) is 10.2 Å². The van der Waals surface area contributed by atoms with Crippen molar-refractivity contribution in [3.8, 4) is 5.75 Å². The third kappa shape index (κ3) is 4.54. The van der Waals surface area contributed by atoms with E-state index in [2.05, 4.69) is 5.32 Å². The molecule has 3 aliphatic rings. The number of benzene rings is 2. The number of rotatable bonds is 4. The number of fused-ring (bicyclic) bond motifs is 2. The number of methoxy groups -OCH3 is 1. The van der Waals surface area contributed by atoms with Crippen LogP contribution >= 0.6 is 0 Å². The summed E-state index contributed by atoms with van der Waals surface area (Å²) in [5.74, 6) is -0.00254. The predicted octanol–water partition coefficient (Wildman–Crippen LogP) is 4.41. The second-order valence-electron chi connectivity index (χ2n) is 9.96. The maximum absolute atomic E-state index is 14.0. The Morgan fingerprint density at radius 1 is 1.20 bits per heavy atom. The molecule has 2 aromatic rings. The minimum absolute atomic E-state index is 0.00580. The van der Waals surface area contributed by atoms with E-state index in [1.807, 2.05) is 48.5 Å². The lowest BCUT2D eigenvalue weighted by Crippen LogP contribution is -2.55. The van der Waals surface area contributed by atoms with Gasteiger partial charge >= 0.3 is 6.18 Å². The first-order chi connectivity index (χ1) is 16.8. The SMILES string of the molecule is COc1cccc2c1COCC21CNCC1C(=O)N1CCC(c2ccccc2)CC1CC(F)(F)F. The number of likely N-dealkylation sites (tertiary alicyclic amines) is 1. The Balaban J connectivity index is 1.45. The van der Waals surface area contributed by atoms with Gasteiger partial charge in [-0.1, -0.05) is 42.5 Å². The monoisotopic (exact) mass is 488 g/mol. The zero-order valence-electron chi connectivity index (χ0n) is 19.8. The van der Waals surface area contributed by atoms with Crippen molar-refractivity contribution in [2.45, 2.75) is 49.4 Å². The smallest absolute Gasteiger partial charge is 0.391 e. The molecule has 4 atom stereocenters. The number of amides is 1. The van der Waals surface area contributed by atoms with Crippen molar-refractivity contribution in [2.75, 3.05) is 33.4 Å². The molecule has 3 heterocycles. The van der Waals surface area contributed by atoms with E-state index in [9.17, 15) is 18.0 Å². The van der Waals surface area contributed by atoms with Gasteiger partial charge in [0, 0.05) is 36.7 Å². The Bertz CT molecular complexity index is 1060. The third-order valence-electron chi connectivity index (χ3n) is 7.99. The van der Waals surface area contributed by atoms with E-state index in [-0.39, 0.29) is 11.8 Å². The number of ether oxygens (including phenoxy) is 2. The maximum Gasteiger partial charge on any atom is 0.391 e. The van der Waals surface area contributed by atoms with Crippen molar-refractivity contribution in [1.29, 1.82) is 0 Å². The van der Waals surface area contributed by atoms with Gasteiger partial charge in [0.2, 0.25) is 5.91 Å². The van der Waals surface area contributed by atoms with Gasteiger partial charge in [-0.25, -0.2) is 0 Å². The second-order valence-corrected chi connectivity index (χ2v) is 9.96. The molecule has 188 valence electrons. The highest BCUT2D eigenvalue weighted by Crippen LogP contribution is 2.46. The van der Waals surface area contributed by atoms with E-state index in [0.717, 1.165) is 16.7 Å². The largest absolute Gasteiger partial charge is 0.496 e. The molecule has 0 bridgehead atoms.